The van der Waals surface area contributed by atoms with E-state index in [9.17, 15) is 9.50 Å². The average Bonchev–Trinajstić information content (AvgIpc) is 2.41. The molecule has 5 heteroatoms. The first kappa shape index (κ1) is 15.4. The Hall–Kier alpha value is -1.04. The number of rotatable bonds is 4. The van der Waals surface area contributed by atoms with Gasteiger partial charge in [0.15, 0.2) is 0 Å². The third-order valence-corrected chi connectivity index (χ3v) is 4.25. The summed E-state index contributed by atoms with van der Waals surface area (Å²) >= 11 is 4.92. The zero-order chi connectivity index (χ0) is 14.7. The minimum atomic E-state index is -0.324. The molecular weight excluding hydrogens is 275 g/mol. The number of hydrogen-bond acceptors (Lipinski definition) is 3. The molecule has 20 heavy (non-hydrogen) atoms. The molecule has 1 aliphatic rings. The van der Waals surface area contributed by atoms with Crippen molar-refractivity contribution >= 4 is 17.2 Å². The number of benzene rings is 1. The molecule has 1 aromatic rings. The van der Waals surface area contributed by atoms with Crippen molar-refractivity contribution in [1.82, 2.24) is 4.90 Å². The molecule has 0 radical (unpaired) electrons. The Bertz CT molecular complexity index is 495. The van der Waals surface area contributed by atoms with Crippen molar-refractivity contribution in [2.24, 2.45) is 5.73 Å². The van der Waals surface area contributed by atoms with Gasteiger partial charge in [0.2, 0.25) is 0 Å². The molecule has 1 aliphatic carbocycles. The van der Waals surface area contributed by atoms with Crippen LogP contribution in [0.25, 0.3) is 0 Å². The van der Waals surface area contributed by atoms with Gasteiger partial charge in [0.1, 0.15) is 10.8 Å². The van der Waals surface area contributed by atoms with E-state index >= 15 is 0 Å². The molecule has 0 amide bonds. The number of nitrogens with zero attached hydrogens (tertiary/aromatic N) is 1. The van der Waals surface area contributed by atoms with Crippen LogP contribution < -0.4 is 5.73 Å². The van der Waals surface area contributed by atoms with Crippen molar-refractivity contribution in [3.8, 4) is 0 Å². The first-order valence-corrected chi connectivity index (χ1v) is 7.36. The summed E-state index contributed by atoms with van der Waals surface area (Å²) in [6.45, 7) is 0.448. The second-order valence-corrected chi connectivity index (χ2v) is 5.94. The fraction of sp³-hybridized carbons (Fsp3) is 0.533. The third-order valence-electron chi connectivity index (χ3n) is 4.01. The standard InChI is InChI=1S/C15H21FN2OS/c1-18(13-4-2-3-5-14(13)19)9-11-8-10(15(17)20)6-7-12(11)16/h6-8,13-14,19H,2-5,9H2,1H3,(H2,17,20). The van der Waals surface area contributed by atoms with Crippen molar-refractivity contribution in [3.05, 3.63) is 35.1 Å². The van der Waals surface area contributed by atoms with Gasteiger partial charge in [-0.3, -0.25) is 4.90 Å². The summed E-state index contributed by atoms with van der Waals surface area (Å²) in [6.07, 6.45) is 3.63. The molecule has 2 rings (SSSR count). The Balaban J connectivity index is 2.12. The van der Waals surface area contributed by atoms with Crippen molar-refractivity contribution in [1.29, 1.82) is 0 Å². The van der Waals surface area contributed by atoms with Crippen LogP contribution in [-0.4, -0.2) is 34.2 Å². The first-order valence-electron chi connectivity index (χ1n) is 6.95. The van der Waals surface area contributed by atoms with Crippen LogP contribution in [0.5, 0.6) is 0 Å². The van der Waals surface area contributed by atoms with Crippen molar-refractivity contribution in [3.63, 3.8) is 0 Å². The normalized spacial score (nSPS) is 23.0. The van der Waals surface area contributed by atoms with Crippen LogP contribution in [0.2, 0.25) is 0 Å². The summed E-state index contributed by atoms with van der Waals surface area (Å²) in [7, 11) is 1.92. The smallest absolute Gasteiger partial charge is 0.127 e. The van der Waals surface area contributed by atoms with Crippen molar-refractivity contribution in [2.45, 2.75) is 44.4 Å². The second-order valence-electron chi connectivity index (χ2n) is 5.50. The van der Waals surface area contributed by atoms with E-state index in [0.717, 1.165) is 25.7 Å². The highest BCUT2D eigenvalue weighted by Gasteiger charge is 2.26. The lowest BCUT2D eigenvalue weighted by Crippen LogP contribution is -2.43. The Kier molecular flexibility index (Phi) is 5.07. The van der Waals surface area contributed by atoms with Gasteiger partial charge < -0.3 is 10.8 Å². The van der Waals surface area contributed by atoms with E-state index < -0.39 is 0 Å². The van der Waals surface area contributed by atoms with Crippen LogP contribution in [-0.2, 0) is 6.54 Å². The van der Waals surface area contributed by atoms with E-state index in [4.69, 9.17) is 18.0 Å². The molecule has 2 unspecified atom stereocenters. The van der Waals surface area contributed by atoms with E-state index in [1.54, 1.807) is 12.1 Å². The quantitative estimate of drug-likeness (QED) is 0.836. The Morgan fingerprint density at radius 2 is 2.15 bits per heavy atom. The number of halogens is 1. The summed E-state index contributed by atoms with van der Waals surface area (Å²) in [4.78, 5) is 2.29. The monoisotopic (exact) mass is 296 g/mol. The van der Waals surface area contributed by atoms with E-state index in [1.165, 1.54) is 6.07 Å². The maximum absolute atomic E-state index is 13.9. The predicted molar refractivity (Wildman–Crippen MR) is 82.0 cm³/mol. The van der Waals surface area contributed by atoms with Gasteiger partial charge in [0, 0.05) is 23.7 Å². The van der Waals surface area contributed by atoms with Crippen LogP contribution in [0.3, 0.4) is 0 Å². The fourth-order valence-electron chi connectivity index (χ4n) is 2.84. The van der Waals surface area contributed by atoms with Crippen LogP contribution in [0.15, 0.2) is 18.2 Å². The first-order chi connectivity index (χ1) is 9.49. The van der Waals surface area contributed by atoms with Crippen LogP contribution >= 0.6 is 12.2 Å². The molecule has 0 saturated heterocycles. The Morgan fingerprint density at radius 1 is 1.45 bits per heavy atom. The lowest BCUT2D eigenvalue weighted by Gasteiger charge is -2.35. The van der Waals surface area contributed by atoms with Crippen LogP contribution in [0.4, 0.5) is 4.39 Å². The van der Waals surface area contributed by atoms with Gasteiger partial charge in [-0.25, -0.2) is 4.39 Å². The van der Waals surface area contributed by atoms with Gasteiger partial charge in [-0.05, 0) is 38.1 Å². The molecule has 0 bridgehead atoms. The molecule has 1 aromatic carbocycles. The van der Waals surface area contributed by atoms with E-state index in [1.807, 2.05) is 11.9 Å². The molecule has 0 aromatic heterocycles. The SMILES string of the molecule is CN(Cc1cc(C(N)=S)ccc1F)C1CCCCC1O. The highest BCUT2D eigenvalue weighted by Crippen LogP contribution is 2.24. The number of nitrogens with two attached hydrogens (primary N) is 1. The van der Waals surface area contributed by atoms with Gasteiger partial charge in [-0.1, -0.05) is 25.1 Å². The van der Waals surface area contributed by atoms with Gasteiger partial charge in [-0.2, -0.15) is 0 Å². The average molecular weight is 296 g/mol. The number of thiocarbonyl (C=S) groups is 1. The molecule has 0 aliphatic heterocycles. The molecule has 0 heterocycles. The highest BCUT2D eigenvalue weighted by atomic mass is 32.1. The summed E-state index contributed by atoms with van der Waals surface area (Å²) in [5, 5.41) is 10.1. The third kappa shape index (κ3) is 3.53. The zero-order valence-electron chi connectivity index (χ0n) is 11.7. The number of aliphatic hydroxyl groups excluding tert-OH is 1. The van der Waals surface area contributed by atoms with E-state index in [0.29, 0.717) is 17.7 Å². The summed E-state index contributed by atoms with van der Waals surface area (Å²) < 4.78 is 13.9. The zero-order valence-corrected chi connectivity index (χ0v) is 12.5. The maximum atomic E-state index is 13.9. The topological polar surface area (TPSA) is 49.5 Å². The number of likely N-dealkylation sites (N-methyl/N-ethyl adjacent to an activating group) is 1. The Morgan fingerprint density at radius 3 is 2.80 bits per heavy atom. The minimum Gasteiger partial charge on any atom is -0.391 e. The highest BCUT2D eigenvalue weighted by molar-refractivity contribution is 7.80. The largest absolute Gasteiger partial charge is 0.391 e. The van der Waals surface area contributed by atoms with Crippen molar-refractivity contribution < 1.29 is 9.50 Å². The van der Waals surface area contributed by atoms with Gasteiger partial charge in [0.25, 0.3) is 0 Å². The minimum absolute atomic E-state index is 0.0941. The lowest BCUT2D eigenvalue weighted by molar-refractivity contribution is 0.0284. The van der Waals surface area contributed by atoms with E-state index in [-0.39, 0.29) is 23.0 Å². The Labute approximate surface area is 124 Å². The molecule has 1 fully saturated rings. The second kappa shape index (κ2) is 6.61. The molecular formula is C15H21FN2OS. The molecule has 2 atom stereocenters. The molecule has 110 valence electrons. The lowest BCUT2D eigenvalue weighted by atomic mass is 9.91. The van der Waals surface area contributed by atoms with Crippen LogP contribution in [0.1, 0.15) is 36.8 Å². The van der Waals surface area contributed by atoms with Crippen molar-refractivity contribution in [2.75, 3.05) is 7.05 Å². The number of aliphatic hydroxyl groups is 1. The van der Waals surface area contributed by atoms with Gasteiger partial charge in [0.05, 0.1) is 6.10 Å². The van der Waals surface area contributed by atoms with Gasteiger partial charge in [-0.15, -0.1) is 0 Å². The summed E-state index contributed by atoms with van der Waals surface area (Å²) in [5.74, 6) is -0.262. The molecule has 0 spiro atoms. The van der Waals surface area contributed by atoms with Crippen LogP contribution in [0, 0.1) is 5.82 Å². The fourth-order valence-corrected chi connectivity index (χ4v) is 2.97. The molecule has 3 nitrogen and oxygen atoms in total. The maximum Gasteiger partial charge on any atom is 0.127 e. The van der Waals surface area contributed by atoms with Gasteiger partial charge >= 0.3 is 0 Å². The number of hydrogen-bond donors (Lipinski definition) is 2. The predicted octanol–water partition coefficient (Wildman–Crippen LogP) is 2.20. The molecule has 3 N–H and O–H groups in total. The molecule has 1 saturated carbocycles. The summed E-state index contributed by atoms with van der Waals surface area (Å²) in [5.41, 5.74) is 6.82. The summed E-state index contributed by atoms with van der Waals surface area (Å²) in [6, 6.07) is 4.78. The van der Waals surface area contributed by atoms with E-state index in [2.05, 4.69) is 0 Å².